The number of hydrogen-bond acceptors (Lipinski definition) is 2. The molecule has 0 spiro atoms. The molecule has 0 saturated heterocycles. The predicted molar refractivity (Wildman–Crippen MR) is 84.3 cm³/mol. The molecule has 0 radical (unpaired) electrons. The summed E-state index contributed by atoms with van der Waals surface area (Å²) in [6.07, 6.45) is 7.28. The minimum absolute atomic E-state index is 0.475. The highest BCUT2D eigenvalue weighted by Crippen LogP contribution is 2.29. The average molecular weight is 284 g/mol. The molecule has 3 heteroatoms. The van der Waals surface area contributed by atoms with Gasteiger partial charge in [-0.1, -0.05) is 36.6 Å². The Kier molecular flexibility index (Phi) is 4.11. The molecule has 0 aliphatic heterocycles. The van der Waals surface area contributed by atoms with E-state index in [1.807, 2.05) is 6.07 Å². The van der Waals surface area contributed by atoms with Gasteiger partial charge in [-0.3, -0.25) is 4.68 Å². The van der Waals surface area contributed by atoms with Crippen LogP contribution < -0.4 is 0 Å². The van der Waals surface area contributed by atoms with Crippen molar-refractivity contribution in [3.05, 3.63) is 52.8 Å². The highest BCUT2D eigenvalue weighted by atomic mass is 16.3. The molecule has 1 fully saturated rings. The first-order chi connectivity index (χ1) is 10.1. The average Bonchev–Trinajstić information content (AvgIpc) is 3.11. The van der Waals surface area contributed by atoms with Gasteiger partial charge in [0.25, 0.3) is 0 Å². The van der Waals surface area contributed by atoms with E-state index in [0.717, 1.165) is 16.8 Å². The van der Waals surface area contributed by atoms with Gasteiger partial charge in [-0.05, 0) is 43.9 Å². The van der Waals surface area contributed by atoms with Gasteiger partial charge < -0.3 is 5.11 Å². The van der Waals surface area contributed by atoms with Gasteiger partial charge in [0, 0.05) is 12.6 Å². The Morgan fingerprint density at radius 1 is 1.24 bits per heavy atom. The summed E-state index contributed by atoms with van der Waals surface area (Å²) in [5.74, 6) is 0. The summed E-state index contributed by atoms with van der Waals surface area (Å²) in [5, 5.41) is 15.2. The van der Waals surface area contributed by atoms with Crippen LogP contribution in [0.3, 0.4) is 0 Å². The normalized spacial score (nSPS) is 17.3. The minimum atomic E-state index is -0.475. The molecule has 21 heavy (non-hydrogen) atoms. The van der Waals surface area contributed by atoms with Crippen molar-refractivity contribution >= 4 is 0 Å². The molecule has 1 aromatic heterocycles. The van der Waals surface area contributed by atoms with E-state index in [0.29, 0.717) is 12.5 Å². The van der Waals surface area contributed by atoms with E-state index < -0.39 is 6.10 Å². The van der Waals surface area contributed by atoms with Crippen LogP contribution in [0.2, 0.25) is 0 Å². The van der Waals surface area contributed by atoms with Crippen molar-refractivity contribution in [2.24, 2.45) is 0 Å². The van der Waals surface area contributed by atoms with Crippen LogP contribution in [0.15, 0.2) is 30.5 Å². The fourth-order valence-electron chi connectivity index (χ4n) is 3.29. The monoisotopic (exact) mass is 284 g/mol. The molecule has 0 amide bonds. The second-order valence-electron chi connectivity index (χ2n) is 6.31. The predicted octanol–water partition coefficient (Wildman–Crippen LogP) is 3.89. The number of aliphatic hydroxyl groups excluding tert-OH is 1. The Labute approximate surface area is 126 Å². The molecular formula is C18H24N2O. The number of aromatic nitrogens is 2. The van der Waals surface area contributed by atoms with Gasteiger partial charge in [-0.2, -0.15) is 5.10 Å². The molecule has 0 bridgehead atoms. The van der Waals surface area contributed by atoms with E-state index in [9.17, 15) is 5.11 Å². The maximum Gasteiger partial charge on any atom is 0.0848 e. The molecule has 112 valence electrons. The van der Waals surface area contributed by atoms with Crippen molar-refractivity contribution in [1.29, 1.82) is 0 Å². The summed E-state index contributed by atoms with van der Waals surface area (Å²) in [6, 6.07) is 8.85. The first-order valence-electron chi connectivity index (χ1n) is 7.93. The van der Waals surface area contributed by atoms with Crippen LogP contribution in [0.4, 0.5) is 0 Å². The van der Waals surface area contributed by atoms with Crippen molar-refractivity contribution in [1.82, 2.24) is 9.78 Å². The molecule has 1 aliphatic carbocycles. The molecule has 1 aromatic carbocycles. The quantitative estimate of drug-likeness (QED) is 0.925. The Hall–Kier alpha value is -1.61. The molecular weight excluding hydrogens is 260 g/mol. The fourth-order valence-corrected chi connectivity index (χ4v) is 3.29. The number of nitrogens with zero attached hydrogens (tertiary/aromatic N) is 2. The van der Waals surface area contributed by atoms with Crippen LogP contribution in [-0.4, -0.2) is 14.9 Å². The maximum absolute atomic E-state index is 10.5. The molecule has 3 rings (SSSR count). The standard InChI is InChI=1S/C18H24N2O/c1-13-7-8-14(2)17(11-13)18(21)12-15-9-10-20(19-15)16-5-3-4-6-16/h7-11,16,18,21H,3-6,12H2,1-2H3. The summed E-state index contributed by atoms with van der Waals surface area (Å²) in [6.45, 7) is 4.11. The number of aryl methyl sites for hydroxylation is 2. The third-order valence-corrected chi connectivity index (χ3v) is 4.56. The van der Waals surface area contributed by atoms with Crippen LogP contribution in [0, 0.1) is 13.8 Å². The number of rotatable bonds is 4. The van der Waals surface area contributed by atoms with E-state index in [-0.39, 0.29) is 0 Å². The summed E-state index contributed by atoms with van der Waals surface area (Å²) in [7, 11) is 0. The smallest absolute Gasteiger partial charge is 0.0848 e. The van der Waals surface area contributed by atoms with Gasteiger partial charge in [-0.25, -0.2) is 0 Å². The van der Waals surface area contributed by atoms with E-state index in [1.165, 1.54) is 31.2 Å². The van der Waals surface area contributed by atoms with E-state index in [4.69, 9.17) is 0 Å². The second-order valence-corrected chi connectivity index (χ2v) is 6.31. The zero-order valence-corrected chi connectivity index (χ0v) is 12.9. The van der Waals surface area contributed by atoms with Crippen molar-refractivity contribution in [2.75, 3.05) is 0 Å². The second kappa shape index (κ2) is 6.02. The lowest BCUT2D eigenvalue weighted by molar-refractivity contribution is 0.176. The third kappa shape index (κ3) is 3.18. The summed E-state index contributed by atoms with van der Waals surface area (Å²) < 4.78 is 2.10. The van der Waals surface area contributed by atoms with Crippen LogP contribution >= 0.6 is 0 Å². The van der Waals surface area contributed by atoms with Crippen molar-refractivity contribution in [3.63, 3.8) is 0 Å². The molecule has 1 unspecified atom stereocenters. The van der Waals surface area contributed by atoms with Crippen LogP contribution in [0.25, 0.3) is 0 Å². The molecule has 1 aliphatic rings. The van der Waals surface area contributed by atoms with Gasteiger partial charge >= 0.3 is 0 Å². The zero-order chi connectivity index (χ0) is 14.8. The summed E-state index contributed by atoms with van der Waals surface area (Å²) in [4.78, 5) is 0. The van der Waals surface area contributed by atoms with Crippen LogP contribution in [-0.2, 0) is 6.42 Å². The molecule has 1 saturated carbocycles. The van der Waals surface area contributed by atoms with E-state index in [1.54, 1.807) is 0 Å². The van der Waals surface area contributed by atoms with Crippen LogP contribution in [0.5, 0.6) is 0 Å². The lowest BCUT2D eigenvalue weighted by Crippen LogP contribution is -2.08. The van der Waals surface area contributed by atoms with E-state index >= 15 is 0 Å². The molecule has 1 N–H and O–H groups in total. The maximum atomic E-state index is 10.5. The van der Waals surface area contributed by atoms with Gasteiger partial charge in [0.2, 0.25) is 0 Å². The van der Waals surface area contributed by atoms with Gasteiger partial charge in [0.05, 0.1) is 17.8 Å². The SMILES string of the molecule is Cc1ccc(C)c(C(O)Cc2ccn(C3CCCC3)n2)c1. The third-order valence-electron chi connectivity index (χ3n) is 4.56. The molecule has 2 aromatic rings. The van der Waals surface area contributed by atoms with E-state index in [2.05, 4.69) is 48.0 Å². The largest absolute Gasteiger partial charge is 0.388 e. The first kappa shape index (κ1) is 14.3. The number of aliphatic hydroxyl groups is 1. The summed E-state index contributed by atoms with van der Waals surface area (Å²) in [5.41, 5.74) is 4.33. The first-order valence-corrected chi connectivity index (χ1v) is 7.93. The molecule has 3 nitrogen and oxygen atoms in total. The van der Waals surface area contributed by atoms with Crippen molar-refractivity contribution < 1.29 is 5.11 Å². The topological polar surface area (TPSA) is 38.0 Å². The Balaban J connectivity index is 1.72. The fraction of sp³-hybridized carbons (Fsp3) is 0.500. The Morgan fingerprint density at radius 3 is 2.76 bits per heavy atom. The summed E-state index contributed by atoms with van der Waals surface area (Å²) >= 11 is 0. The highest BCUT2D eigenvalue weighted by Gasteiger charge is 2.19. The Morgan fingerprint density at radius 2 is 2.00 bits per heavy atom. The number of hydrogen-bond donors (Lipinski definition) is 1. The van der Waals surface area contributed by atoms with Gasteiger partial charge in [0.15, 0.2) is 0 Å². The molecule has 1 atom stereocenters. The molecule has 1 heterocycles. The van der Waals surface area contributed by atoms with Gasteiger partial charge in [-0.15, -0.1) is 0 Å². The Bertz CT molecular complexity index is 611. The van der Waals surface area contributed by atoms with Crippen molar-refractivity contribution in [2.45, 2.75) is 58.1 Å². The lowest BCUT2D eigenvalue weighted by atomic mass is 9.98. The highest BCUT2D eigenvalue weighted by molar-refractivity contribution is 5.32. The van der Waals surface area contributed by atoms with Crippen LogP contribution in [0.1, 0.15) is 60.2 Å². The minimum Gasteiger partial charge on any atom is -0.388 e. The van der Waals surface area contributed by atoms with Crippen molar-refractivity contribution in [3.8, 4) is 0 Å². The number of benzene rings is 1. The lowest BCUT2D eigenvalue weighted by Gasteiger charge is -2.14. The zero-order valence-electron chi connectivity index (χ0n) is 12.9. The van der Waals surface area contributed by atoms with Gasteiger partial charge in [0.1, 0.15) is 0 Å².